The van der Waals surface area contributed by atoms with E-state index in [0.29, 0.717) is 12.1 Å². The van der Waals surface area contributed by atoms with Gasteiger partial charge in [-0.3, -0.25) is 9.89 Å². The van der Waals surface area contributed by atoms with Gasteiger partial charge in [-0.25, -0.2) is 0 Å². The number of aliphatic hydroxyl groups excluding tert-OH is 1. The number of aromatic amines is 1. The van der Waals surface area contributed by atoms with Crippen LogP contribution in [0.5, 0.6) is 0 Å². The highest BCUT2D eigenvalue weighted by Crippen LogP contribution is 2.36. The first kappa shape index (κ1) is 13.1. The third-order valence-corrected chi connectivity index (χ3v) is 4.33. The van der Waals surface area contributed by atoms with E-state index in [0.717, 1.165) is 36.6 Å². The van der Waals surface area contributed by atoms with Gasteiger partial charge in [-0.05, 0) is 31.0 Å². The van der Waals surface area contributed by atoms with E-state index in [4.69, 9.17) is 0 Å². The number of hydrogen-bond donors (Lipinski definition) is 3. The number of H-pyrrole nitrogens is 1. The van der Waals surface area contributed by atoms with Gasteiger partial charge in [0.15, 0.2) is 0 Å². The zero-order valence-corrected chi connectivity index (χ0v) is 11.4. The maximum absolute atomic E-state index is 12.2. The second kappa shape index (κ2) is 5.25. The molecule has 3 rings (SSSR count). The highest BCUT2D eigenvalue weighted by Gasteiger charge is 2.33. The predicted molar refractivity (Wildman–Crippen MR) is 76.4 cm³/mol. The lowest BCUT2D eigenvalue weighted by molar-refractivity contribution is 0.0881. The van der Waals surface area contributed by atoms with Gasteiger partial charge in [-0.15, -0.1) is 0 Å². The molecule has 1 aliphatic rings. The monoisotopic (exact) mass is 273 g/mol. The number of hydrogen-bond acceptors (Lipinski definition) is 3. The molecule has 0 bridgehead atoms. The van der Waals surface area contributed by atoms with Crippen molar-refractivity contribution < 1.29 is 9.90 Å². The molecule has 20 heavy (non-hydrogen) atoms. The Bertz CT molecular complexity index is 614. The average Bonchev–Trinajstić information content (AvgIpc) is 3.13. The zero-order chi connectivity index (χ0) is 14.0. The van der Waals surface area contributed by atoms with Gasteiger partial charge in [0.2, 0.25) is 0 Å². The number of carbonyl (C=O) groups excluding carboxylic acids is 1. The summed E-state index contributed by atoms with van der Waals surface area (Å²) in [5, 5.41) is 20.2. The van der Waals surface area contributed by atoms with Crippen LogP contribution in [0.3, 0.4) is 0 Å². The molecule has 5 heteroatoms. The largest absolute Gasteiger partial charge is 0.396 e. The molecule has 0 radical (unpaired) electrons. The van der Waals surface area contributed by atoms with Gasteiger partial charge in [0.25, 0.3) is 5.91 Å². The van der Waals surface area contributed by atoms with Crippen molar-refractivity contribution in [3.63, 3.8) is 0 Å². The van der Waals surface area contributed by atoms with Crippen molar-refractivity contribution >= 4 is 16.8 Å². The van der Waals surface area contributed by atoms with Crippen LogP contribution in [0.15, 0.2) is 24.4 Å². The van der Waals surface area contributed by atoms with E-state index in [1.807, 2.05) is 12.1 Å². The van der Waals surface area contributed by atoms with E-state index >= 15 is 0 Å². The normalized spacial score (nSPS) is 17.4. The molecule has 106 valence electrons. The number of aliphatic hydroxyl groups is 1. The van der Waals surface area contributed by atoms with Gasteiger partial charge < -0.3 is 10.4 Å². The number of nitrogens with one attached hydrogen (secondary N) is 2. The summed E-state index contributed by atoms with van der Waals surface area (Å²) in [6.45, 7) is 0.694. The van der Waals surface area contributed by atoms with E-state index in [2.05, 4.69) is 15.5 Å². The van der Waals surface area contributed by atoms with Gasteiger partial charge >= 0.3 is 0 Å². The molecule has 5 nitrogen and oxygen atoms in total. The van der Waals surface area contributed by atoms with Crippen molar-refractivity contribution in [3.05, 3.63) is 30.0 Å². The zero-order valence-electron chi connectivity index (χ0n) is 11.4. The molecule has 1 heterocycles. The smallest absolute Gasteiger partial charge is 0.251 e. The number of benzene rings is 1. The Morgan fingerprint density at radius 2 is 2.20 bits per heavy atom. The van der Waals surface area contributed by atoms with E-state index in [-0.39, 0.29) is 17.9 Å². The fraction of sp³-hybridized carbons (Fsp3) is 0.467. The van der Waals surface area contributed by atoms with Crippen LogP contribution in [0, 0.1) is 5.41 Å². The topological polar surface area (TPSA) is 78.0 Å². The first-order valence-electron chi connectivity index (χ1n) is 7.05. The Balaban J connectivity index is 1.69. The SMILES string of the molecule is O=C(NCC1(CO)CCCC1)c1ccc2[nH]ncc2c1. The number of fused-ring (bicyclic) bond motifs is 1. The summed E-state index contributed by atoms with van der Waals surface area (Å²) in [6, 6.07) is 5.47. The van der Waals surface area contributed by atoms with Gasteiger partial charge in [0.1, 0.15) is 0 Å². The molecule has 1 fully saturated rings. The summed E-state index contributed by atoms with van der Waals surface area (Å²) in [7, 11) is 0. The standard InChI is InChI=1S/C15H19N3O2/c19-10-15(5-1-2-6-15)9-16-14(20)11-3-4-13-12(7-11)8-17-18-13/h3-4,7-8,19H,1-2,5-6,9-10H2,(H,16,20)(H,17,18). The fourth-order valence-corrected chi connectivity index (χ4v) is 2.97. The highest BCUT2D eigenvalue weighted by atomic mass is 16.3. The van der Waals surface area contributed by atoms with Gasteiger partial charge in [-0.1, -0.05) is 12.8 Å². The minimum Gasteiger partial charge on any atom is -0.396 e. The number of carbonyl (C=O) groups is 1. The summed E-state index contributed by atoms with van der Waals surface area (Å²) in [5.74, 6) is -0.0900. The van der Waals surface area contributed by atoms with Crippen LogP contribution in [0.1, 0.15) is 36.0 Å². The van der Waals surface area contributed by atoms with Crippen LogP contribution < -0.4 is 5.32 Å². The first-order chi connectivity index (χ1) is 9.72. The molecular formula is C15H19N3O2. The van der Waals surface area contributed by atoms with E-state index in [1.54, 1.807) is 12.3 Å². The second-order valence-electron chi connectivity index (χ2n) is 5.72. The second-order valence-corrected chi connectivity index (χ2v) is 5.72. The summed E-state index contributed by atoms with van der Waals surface area (Å²) < 4.78 is 0. The molecule has 1 aromatic heterocycles. The summed E-state index contributed by atoms with van der Waals surface area (Å²) in [5.41, 5.74) is 1.43. The number of nitrogens with zero attached hydrogens (tertiary/aromatic N) is 1. The third-order valence-electron chi connectivity index (χ3n) is 4.33. The number of amides is 1. The molecule has 0 unspecified atom stereocenters. The molecule has 1 aromatic carbocycles. The molecule has 2 aromatic rings. The minimum atomic E-state index is -0.116. The Morgan fingerprint density at radius 3 is 2.95 bits per heavy atom. The minimum absolute atomic E-state index is 0.0900. The van der Waals surface area contributed by atoms with Gasteiger partial charge in [-0.2, -0.15) is 5.10 Å². The first-order valence-corrected chi connectivity index (χ1v) is 7.05. The van der Waals surface area contributed by atoms with Crippen LogP contribution in [0.4, 0.5) is 0 Å². The number of aromatic nitrogens is 2. The molecule has 0 aliphatic heterocycles. The highest BCUT2D eigenvalue weighted by molar-refractivity contribution is 5.97. The van der Waals surface area contributed by atoms with Crippen LogP contribution in [0.25, 0.3) is 10.9 Å². The Labute approximate surface area is 117 Å². The molecule has 0 spiro atoms. The average molecular weight is 273 g/mol. The van der Waals surface area contributed by atoms with Crippen molar-refractivity contribution in [2.75, 3.05) is 13.2 Å². The summed E-state index contributed by atoms with van der Waals surface area (Å²) in [6.07, 6.45) is 5.96. The lowest BCUT2D eigenvalue weighted by Crippen LogP contribution is -2.38. The van der Waals surface area contributed by atoms with Crippen molar-refractivity contribution in [1.82, 2.24) is 15.5 Å². The van der Waals surface area contributed by atoms with E-state index in [9.17, 15) is 9.90 Å². The number of rotatable bonds is 4. The Morgan fingerprint density at radius 1 is 1.40 bits per heavy atom. The molecule has 1 amide bonds. The molecule has 1 saturated carbocycles. The maximum atomic E-state index is 12.2. The van der Waals surface area contributed by atoms with Gasteiger partial charge in [0, 0.05) is 22.9 Å². The molecular weight excluding hydrogens is 254 g/mol. The summed E-state index contributed by atoms with van der Waals surface area (Å²) in [4.78, 5) is 12.2. The predicted octanol–water partition coefficient (Wildman–Crippen LogP) is 1.85. The maximum Gasteiger partial charge on any atom is 0.251 e. The Hall–Kier alpha value is -1.88. The molecule has 0 atom stereocenters. The van der Waals surface area contributed by atoms with Crippen molar-refractivity contribution in [3.8, 4) is 0 Å². The van der Waals surface area contributed by atoms with Gasteiger partial charge in [0.05, 0.1) is 18.3 Å². The molecule has 0 saturated heterocycles. The van der Waals surface area contributed by atoms with Crippen LogP contribution in [-0.4, -0.2) is 34.4 Å². The lowest BCUT2D eigenvalue weighted by atomic mass is 9.87. The van der Waals surface area contributed by atoms with Crippen molar-refractivity contribution in [1.29, 1.82) is 0 Å². The lowest BCUT2D eigenvalue weighted by Gasteiger charge is -2.26. The Kier molecular flexibility index (Phi) is 3.44. The van der Waals surface area contributed by atoms with Crippen LogP contribution in [0.2, 0.25) is 0 Å². The van der Waals surface area contributed by atoms with Crippen LogP contribution in [-0.2, 0) is 0 Å². The molecule has 1 aliphatic carbocycles. The van der Waals surface area contributed by atoms with E-state index in [1.165, 1.54) is 0 Å². The fourth-order valence-electron chi connectivity index (χ4n) is 2.97. The van der Waals surface area contributed by atoms with Crippen molar-refractivity contribution in [2.45, 2.75) is 25.7 Å². The summed E-state index contributed by atoms with van der Waals surface area (Å²) >= 11 is 0. The molecule has 3 N–H and O–H groups in total. The quantitative estimate of drug-likeness (QED) is 0.795. The van der Waals surface area contributed by atoms with E-state index < -0.39 is 0 Å². The van der Waals surface area contributed by atoms with Crippen LogP contribution >= 0.6 is 0 Å². The van der Waals surface area contributed by atoms with Crippen molar-refractivity contribution in [2.24, 2.45) is 5.41 Å². The third kappa shape index (κ3) is 2.41.